The Balaban J connectivity index is 1.27. The van der Waals surface area contributed by atoms with E-state index in [1.165, 1.54) is 9.13 Å². The average molecular weight is 1010 g/mol. The van der Waals surface area contributed by atoms with Crippen molar-refractivity contribution in [2.45, 2.75) is 0 Å². The van der Waals surface area contributed by atoms with Crippen LogP contribution in [0.15, 0.2) is 222 Å². The van der Waals surface area contributed by atoms with E-state index in [2.05, 4.69) is 10.9 Å². The molecule has 0 fully saturated rings. The van der Waals surface area contributed by atoms with Crippen molar-refractivity contribution in [2.24, 2.45) is 0 Å². The lowest BCUT2D eigenvalue weighted by Gasteiger charge is -2.27. The molecular formula is C68H36N6OS. The van der Waals surface area contributed by atoms with Crippen LogP contribution in [-0.2, 0) is 0 Å². The molecule has 76 heavy (non-hydrogen) atoms. The molecule has 17 rings (SSSR count). The number of fused-ring (bicyclic) bond motifs is 20. The summed E-state index contributed by atoms with van der Waals surface area (Å²) in [7, 11) is 0. The summed E-state index contributed by atoms with van der Waals surface area (Å²) in [5.74, 6) is 0. The Kier molecular flexibility index (Phi) is 5.27. The van der Waals surface area contributed by atoms with Crippen LogP contribution in [0.4, 0.5) is 5.69 Å². The number of benzene rings is 11. The molecule has 0 N–H and O–H groups in total. The highest BCUT2D eigenvalue weighted by Gasteiger charge is 2.35. The molecule has 0 saturated carbocycles. The van der Waals surface area contributed by atoms with Crippen molar-refractivity contribution in [3.8, 4) is 28.8 Å². The Labute approximate surface area is 464 Å². The number of nitriles is 1. The average Bonchev–Trinajstić information content (AvgIpc) is 1.48. The number of furan rings is 1. The van der Waals surface area contributed by atoms with E-state index < -0.39 is 160 Å². The van der Waals surface area contributed by atoms with Crippen LogP contribution >= 0.6 is 11.3 Å². The summed E-state index contributed by atoms with van der Waals surface area (Å²) >= 11 is 0.787. The van der Waals surface area contributed by atoms with E-state index in [0.717, 1.165) is 11.3 Å². The number of hydrogen-bond acceptors (Lipinski definition) is 3. The zero-order valence-corrected chi connectivity index (χ0v) is 39.6. The third-order valence-electron chi connectivity index (χ3n) is 14.6. The molecule has 0 saturated heterocycles. The van der Waals surface area contributed by atoms with Gasteiger partial charge < -0.3 is 22.7 Å². The minimum atomic E-state index is -0.790. The Morgan fingerprint density at radius 2 is 0.895 bits per heavy atom. The highest BCUT2D eigenvalue weighted by Crippen LogP contribution is 2.54. The summed E-state index contributed by atoms with van der Waals surface area (Å²) in [6, 6.07) is 17.4. The van der Waals surface area contributed by atoms with Crippen LogP contribution in [-0.4, -0.2) is 18.3 Å². The molecule has 0 atom stereocenters. The van der Waals surface area contributed by atoms with Gasteiger partial charge in [0.05, 0.1) is 111 Å². The summed E-state index contributed by atoms with van der Waals surface area (Å²) < 4.78 is 202. The molecule has 350 valence electrons. The van der Waals surface area contributed by atoms with Crippen molar-refractivity contribution in [2.75, 3.05) is 0 Å². The van der Waals surface area contributed by atoms with E-state index in [-0.39, 0.29) is 80.6 Å². The van der Waals surface area contributed by atoms with Crippen LogP contribution in [0, 0.1) is 17.9 Å². The van der Waals surface area contributed by atoms with Gasteiger partial charge in [0, 0.05) is 69.3 Å². The minimum absolute atomic E-state index is 0.0316. The molecule has 0 amide bonds. The van der Waals surface area contributed by atoms with Crippen molar-refractivity contribution in [1.29, 1.82) is 5.26 Å². The fourth-order valence-corrected chi connectivity index (χ4v) is 12.8. The maximum atomic E-state index is 13.0. The normalized spacial score (nSPS) is 15.9. The summed E-state index contributed by atoms with van der Waals surface area (Å²) in [5.41, 5.74) is -2.70. The third-order valence-corrected chi connectivity index (χ3v) is 15.7. The quantitative estimate of drug-likeness (QED) is 0.165. The summed E-state index contributed by atoms with van der Waals surface area (Å²) in [5, 5.41) is 13.1. The molecular weight excluding hydrogens is 949 g/mol. The van der Waals surface area contributed by atoms with E-state index in [4.69, 9.17) is 9.90 Å². The van der Waals surface area contributed by atoms with Gasteiger partial charge in [-0.3, -0.25) is 0 Å². The second kappa shape index (κ2) is 15.1. The smallest absolute Gasteiger partial charge is 0.237 e. The molecule has 17 aromatic rings. The van der Waals surface area contributed by atoms with E-state index in [1.807, 2.05) is 24.3 Å². The second-order valence-corrected chi connectivity index (χ2v) is 19.2. The number of rotatable bonds is 4. The minimum Gasteiger partial charge on any atom is -0.454 e. The van der Waals surface area contributed by atoms with Crippen molar-refractivity contribution < 1.29 is 31.8 Å². The number of nitrogens with zero attached hydrogens (tertiary/aromatic N) is 6. The molecule has 8 heteroatoms. The molecule has 6 aromatic heterocycles. The fourth-order valence-electron chi connectivity index (χ4n) is 11.7. The van der Waals surface area contributed by atoms with Crippen molar-refractivity contribution in [3.63, 3.8) is 0 Å². The van der Waals surface area contributed by atoms with Gasteiger partial charge >= 0.3 is 0 Å². The maximum absolute atomic E-state index is 13.0. The standard InChI is InChI=1S/C68H36N6OS/c1-70-60-61(73-56-30-14-7-23-44(56)48-35-37-50-46-25-9-17-33-59(46)76-68(50)64(48)73)51(38-69)62(71-52-26-10-2-18-39(52)40-19-3-11-27-53(40)71)66(65(60)72-54-28-12-4-20-41(54)42-21-5-13-29-55(42)72)74-57-31-15-6-22-43(57)47-34-36-49-45-24-8-16-32-58(45)75-67(49)63(47)74/h2-37H/i6D,7D,8D,9D,14D,15D,16D,17D,22D,23D,24D,25D,30D,31D,32D,33D,34D,35D,36D,37D. The molecule has 11 aromatic carbocycles. The predicted molar refractivity (Wildman–Crippen MR) is 315 cm³/mol. The monoisotopic (exact) mass is 1000 g/mol. The number of hydrogen-bond donors (Lipinski definition) is 0. The summed E-state index contributed by atoms with van der Waals surface area (Å²) in [4.78, 5) is 4.47. The van der Waals surface area contributed by atoms with Crippen molar-refractivity contribution >= 4 is 146 Å². The first-order chi connectivity index (χ1) is 46.0. The van der Waals surface area contributed by atoms with Crippen LogP contribution < -0.4 is 0 Å². The van der Waals surface area contributed by atoms with Gasteiger partial charge in [0.2, 0.25) is 5.69 Å². The zero-order chi connectivity index (χ0) is 67.3. The van der Waals surface area contributed by atoms with Crippen LogP contribution in [0.5, 0.6) is 0 Å². The Bertz CT molecular complexity index is 6500. The largest absolute Gasteiger partial charge is 0.454 e. The van der Waals surface area contributed by atoms with E-state index in [1.54, 1.807) is 81.9 Å². The molecule has 0 spiro atoms. The Morgan fingerprint density at radius 3 is 1.49 bits per heavy atom. The van der Waals surface area contributed by atoms with Gasteiger partial charge in [-0.05, 0) is 54.5 Å². The van der Waals surface area contributed by atoms with Gasteiger partial charge in [-0.25, -0.2) is 4.85 Å². The Hall–Kier alpha value is -10.4. The van der Waals surface area contributed by atoms with Gasteiger partial charge in [-0.2, -0.15) is 5.26 Å². The predicted octanol–water partition coefficient (Wildman–Crippen LogP) is 18.8. The van der Waals surface area contributed by atoms with Gasteiger partial charge in [0.15, 0.2) is 5.58 Å². The zero-order valence-electron chi connectivity index (χ0n) is 58.7. The third kappa shape index (κ3) is 5.17. The van der Waals surface area contributed by atoms with Crippen LogP contribution in [0.3, 0.4) is 0 Å². The number of para-hydroxylation sites is 7. The highest BCUT2D eigenvalue weighted by molar-refractivity contribution is 7.26. The number of aromatic nitrogens is 4. The van der Waals surface area contributed by atoms with Gasteiger partial charge in [0.1, 0.15) is 11.7 Å². The molecule has 0 radical (unpaired) electrons. The van der Waals surface area contributed by atoms with E-state index in [9.17, 15) is 33.8 Å². The SMILES string of the molecule is [2H]c1c([2H])c([2H])c2c(oc3c2c([2H])c([2H])c2c4c([2H])c([2H])c([2H])c([2H])c4n(-c4c(-n5c6ccccc6c6ccccc65)c(C#N)c(-n5c6c([2H])c([2H])c([2H])c([2H])c6c6c([2H])c([2H])c7c(sc8c([2H])c([2H])c([2H])c([2H])c87)c65)c([N+]#[C-])c4-n4c5ccccc5c5ccccc54)c32)c1[2H]. The maximum Gasteiger partial charge on any atom is 0.237 e. The van der Waals surface area contributed by atoms with Crippen molar-refractivity contribution in [3.05, 3.63) is 235 Å². The molecule has 0 aliphatic heterocycles. The lowest BCUT2D eigenvalue weighted by Crippen LogP contribution is -2.14. The highest BCUT2D eigenvalue weighted by atomic mass is 32.1. The first kappa shape index (κ1) is 26.5. The second-order valence-electron chi connectivity index (χ2n) is 18.2. The van der Waals surface area contributed by atoms with Crippen LogP contribution in [0.1, 0.15) is 33.0 Å². The first-order valence-electron chi connectivity index (χ1n) is 33.7. The lowest BCUT2D eigenvalue weighted by molar-refractivity contribution is 0.671. The topological polar surface area (TPSA) is 61.0 Å². The summed E-state index contributed by atoms with van der Waals surface area (Å²) in [6.07, 6.45) is 0. The molecule has 0 bridgehead atoms. The molecule has 6 heterocycles. The molecule has 0 aliphatic rings. The molecule has 0 aliphatic carbocycles. The van der Waals surface area contributed by atoms with Gasteiger partial charge in [-0.1, -0.05) is 163 Å². The Morgan fingerprint density at radius 1 is 0.421 bits per heavy atom. The first-order valence-corrected chi connectivity index (χ1v) is 24.5. The fraction of sp³-hybridized carbons (Fsp3) is 0. The molecule has 0 unspecified atom stereocenters. The van der Waals surface area contributed by atoms with E-state index >= 15 is 0 Å². The van der Waals surface area contributed by atoms with E-state index in [0.29, 0.717) is 43.6 Å². The van der Waals surface area contributed by atoms with Crippen LogP contribution in [0.2, 0.25) is 0 Å². The van der Waals surface area contributed by atoms with Crippen molar-refractivity contribution in [1.82, 2.24) is 18.3 Å². The lowest BCUT2D eigenvalue weighted by atomic mass is 10.0. The van der Waals surface area contributed by atoms with Crippen LogP contribution in [0.25, 0.3) is 157 Å². The van der Waals surface area contributed by atoms with Gasteiger partial charge in [-0.15, -0.1) is 11.3 Å². The van der Waals surface area contributed by atoms with Gasteiger partial charge in [0.25, 0.3) is 0 Å². The number of thiophene rings is 1. The molecule has 7 nitrogen and oxygen atoms in total. The summed E-state index contributed by atoms with van der Waals surface area (Å²) in [6.45, 7) is 9.98.